The maximum Gasteiger partial charge on any atom is 0.262 e. The Hall–Kier alpha value is -3.03. The summed E-state index contributed by atoms with van der Waals surface area (Å²) in [4.78, 5) is 55.2. The van der Waals surface area contributed by atoms with Crippen molar-refractivity contribution in [2.24, 2.45) is 0 Å². The summed E-state index contributed by atoms with van der Waals surface area (Å²) < 4.78 is 1.38. The lowest BCUT2D eigenvalue weighted by Crippen LogP contribution is -2.56. The number of nitrogens with one attached hydrogen (secondary N) is 1. The highest BCUT2D eigenvalue weighted by molar-refractivity contribution is 6.01. The fourth-order valence-corrected chi connectivity index (χ4v) is 3.56. The van der Waals surface area contributed by atoms with Gasteiger partial charge in [0.25, 0.3) is 11.5 Å². The normalized spacial score (nSPS) is 19.6. The lowest BCUT2D eigenvalue weighted by molar-refractivity contribution is -0.140. The van der Waals surface area contributed by atoms with Crippen molar-refractivity contribution in [2.75, 3.05) is 14.1 Å². The molecule has 0 bridgehead atoms. The monoisotopic (exact) mass is 384 g/mol. The van der Waals surface area contributed by atoms with Crippen molar-refractivity contribution in [3.05, 3.63) is 39.9 Å². The third kappa shape index (κ3) is 3.42. The van der Waals surface area contributed by atoms with E-state index < -0.39 is 11.4 Å². The number of aryl methyl sites for hydroxylation is 2. The Morgan fingerprint density at radius 1 is 1.29 bits per heavy atom. The summed E-state index contributed by atoms with van der Waals surface area (Å²) in [5.74, 6) is -0.409. The van der Waals surface area contributed by atoms with Crippen molar-refractivity contribution in [3.63, 3.8) is 0 Å². The minimum absolute atomic E-state index is 0.00981. The number of hydrogen-bond acceptors (Lipinski definition) is 5. The second-order valence-electron chi connectivity index (χ2n) is 7.59. The Morgan fingerprint density at radius 2 is 2.00 bits per heavy atom. The molecule has 0 unspecified atom stereocenters. The van der Waals surface area contributed by atoms with Gasteiger partial charge in [-0.25, -0.2) is 4.98 Å². The fraction of sp³-hybridized carbons (Fsp3) is 0.450. The number of fused-ring (bicyclic) bond motifs is 1. The molecule has 8 nitrogen and oxygen atoms in total. The van der Waals surface area contributed by atoms with Crippen LogP contribution in [0.3, 0.4) is 0 Å². The molecule has 1 N–H and O–H groups in total. The van der Waals surface area contributed by atoms with Gasteiger partial charge in [-0.1, -0.05) is 6.07 Å². The van der Waals surface area contributed by atoms with Gasteiger partial charge in [-0.2, -0.15) is 0 Å². The van der Waals surface area contributed by atoms with E-state index >= 15 is 0 Å². The lowest BCUT2D eigenvalue weighted by atomic mass is 9.90. The first-order valence-electron chi connectivity index (χ1n) is 9.20. The van der Waals surface area contributed by atoms with Crippen molar-refractivity contribution < 1.29 is 14.4 Å². The summed E-state index contributed by atoms with van der Waals surface area (Å²) in [5, 5.41) is 2.71. The topological polar surface area (TPSA) is 101 Å². The number of hydrogen-bond donors (Lipinski definition) is 1. The van der Waals surface area contributed by atoms with E-state index in [-0.39, 0.29) is 30.2 Å². The van der Waals surface area contributed by atoms with Gasteiger partial charge in [-0.15, -0.1) is 0 Å². The van der Waals surface area contributed by atoms with Crippen molar-refractivity contribution in [2.45, 2.75) is 45.1 Å². The molecule has 1 aromatic heterocycles. The SMILES string of the molecule is Cc1nc2ccc(CCC(=O)N(C)C)cc2c(=O)n1[C@@]1(C)CCC(=O)NC1=O. The van der Waals surface area contributed by atoms with Crippen molar-refractivity contribution in [1.82, 2.24) is 19.8 Å². The Bertz CT molecular complexity index is 1040. The molecule has 3 rings (SSSR count). The zero-order valence-corrected chi connectivity index (χ0v) is 16.5. The van der Waals surface area contributed by atoms with E-state index in [4.69, 9.17) is 0 Å². The van der Waals surface area contributed by atoms with E-state index in [9.17, 15) is 19.2 Å². The van der Waals surface area contributed by atoms with Gasteiger partial charge < -0.3 is 4.90 Å². The molecule has 2 aromatic rings. The molecule has 0 radical (unpaired) electrons. The van der Waals surface area contributed by atoms with Crippen LogP contribution in [0.5, 0.6) is 0 Å². The summed E-state index contributed by atoms with van der Waals surface area (Å²) in [7, 11) is 3.41. The van der Waals surface area contributed by atoms with Crippen LogP contribution in [-0.4, -0.2) is 46.3 Å². The van der Waals surface area contributed by atoms with Crippen LogP contribution in [0.15, 0.2) is 23.0 Å². The Labute approximate surface area is 162 Å². The minimum atomic E-state index is -1.17. The van der Waals surface area contributed by atoms with Crippen LogP contribution in [0.4, 0.5) is 0 Å². The molecule has 28 heavy (non-hydrogen) atoms. The van der Waals surface area contributed by atoms with Crippen LogP contribution in [0.1, 0.15) is 37.6 Å². The van der Waals surface area contributed by atoms with Crippen molar-refractivity contribution in [1.29, 1.82) is 0 Å². The second-order valence-corrected chi connectivity index (χ2v) is 7.59. The number of carbonyl (C=O) groups is 3. The number of amides is 3. The van der Waals surface area contributed by atoms with E-state index in [1.54, 1.807) is 40.1 Å². The number of nitrogens with zero attached hydrogens (tertiary/aromatic N) is 3. The van der Waals surface area contributed by atoms with E-state index in [0.29, 0.717) is 29.6 Å². The highest BCUT2D eigenvalue weighted by Gasteiger charge is 2.42. The number of piperidine rings is 1. The molecule has 3 amide bonds. The summed E-state index contributed by atoms with van der Waals surface area (Å²) in [6.07, 6.45) is 1.25. The molecular formula is C20H24N4O4. The van der Waals surface area contributed by atoms with Crippen LogP contribution in [0.25, 0.3) is 10.9 Å². The third-order valence-corrected chi connectivity index (χ3v) is 5.30. The highest BCUT2D eigenvalue weighted by atomic mass is 16.2. The third-order valence-electron chi connectivity index (χ3n) is 5.30. The highest BCUT2D eigenvalue weighted by Crippen LogP contribution is 2.27. The van der Waals surface area contributed by atoms with E-state index in [2.05, 4.69) is 10.3 Å². The number of carbonyl (C=O) groups excluding carboxylic acids is 3. The van der Waals surface area contributed by atoms with Crippen molar-refractivity contribution in [3.8, 4) is 0 Å². The number of benzene rings is 1. The van der Waals surface area contributed by atoms with Gasteiger partial charge in [0, 0.05) is 26.9 Å². The molecule has 2 heterocycles. The van der Waals surface area contributed by atoms with Gasteiger partial charge in [0.15, 0.2) is 0 Å². The molecule has 1 atom stereocenters. The summed E-state index contributed by atoms with van der Waals surface area (Å²) in [5.41, 5.74) is -0.106. The average Bonchev–Trinajstić information content (AvgIpc) is 2.63. The maximum absolute atomic E-state index is 13.3. The number of rotatable bonds is 4. The predicted molar refractivity (Wildman–Crippen MR) is 104 cm³/mol. The van der Waals surface area contributed by atoms with Crippen LogP contribution in [0, 0.1) is 6.92 Å². The molecule has 0 aliphatic carbocycles. The molecular weight excluding hydrogens is 360 g/mol. The Kier molecular flexibility index (Phi) is 5.06. The van der Waals surface area contributed by atoms with Gasteiger partial charge in [0.1, 0.15) is 11.4 Å². The fourth-order valence-electron chi connectivity index (χ4n) is 3.56. The van der Waals surface area contributed by atoms with Gasteiger partial charge in [0.05, 0.1) is 10.9 Å². The quantitative estimate of drug-likeness (QED) is 0.789. The lowest BCUT2D eigenvalue weighted by Gasteiger charge is -2.34. The maximum atomic E-state index is 13.3. The second kappa shape index (κ2) is 7.18. The Balaban J connectivity index is 2.05. The molecule has 148 valence electrons. The molecule has 1 aromatic carbocycles. The minimum Gasteiger partial charge on any atom is -0.349 e. The molecule has 1 saturated heterocycles. The smallest absolute Gasteiger partial charge is 0.262 e. The van der Waals surface area contributed by atoms with Crippen LogP contribution >= 0.6 is 0 Å². The number of aromatic nitrogens is 2. The van der Waals surface area contributed by atoms with Gasteiger partial charge >= 0.3 is 0 Å². The Morgan fingerprint density at radius 3 is 2.64 bits per heavy atom. The first-order valence-corrected chi connectivity index (χ1v) is 9.20. The van der Waals surface area contributed by atoms with Crippen molar-refractivity contribution >= 4 is 28.6 Å². The van der Waals surface area contributed by atoms with Gasteiger partial charge in [-0.3, -0.25) is 29.1 Å². The molecule has 1 fully saturated rings. The molecule has 1 aliphatic rings. The predicted octanol–water partition coefficient (Wildman–Crippen LogP) is 0.878. The van der Waals surface area contributed by atoms with E-state index in [1.807, 2.05) is 6.07 Å². The summed E-state index contributed by atoms with van der Waals surface area (Å²) >= 11 is 0. The standard InChI is InChI=1S/C20H24N4O4/c1-12-21-15-7-5-13(6-8-17(26)23(3)4)11-14(15)18(27)24(12)20(2)10-9-16(25)22-19(20)28/h5,7,11H,6,8-10H2,1-4H3,(H,22,25,28)/t20-/m0/s1. The molecule has 0 saturated carbocycles. The van der Waals surface area contributed by atoms with E-state index in [1.165, 1.54) is 9.47 Å². The molecule has 8 heteroatoms. The molecule has 0 spiro atoms. The largest absolute Gasteiger partial charge is 0.349 e. The summed E-state index contributed by atoms with van der Waals surface area (Å²) in [6, 6.07) is 5.35. The van der Waals surface area contributed by atoms with Gasteiger partial charge in [0.2, 0.25) is 11.8 Å². The molecule has 1 aliphatic heterocycles. The van der Waals surface area contributed by atoms with Crippen LogP contribution in [0.2, 0.25) is 0 Å². The number of imide groups is 1. The van der Waals surface area contributed by atoms with Crippen LogP contribution in [-0.2, 0) is 26.3 Å². The zero-order chi connectivity index (χ0) is 20.6. The van der Waals surface area contributed by atoms with E-state index in [0.717, 1.165) is 5.56 Å². The first kappa shape index (κ1) is 19.7. The van der Waals surface area contributed by atoms with Gasteiger partial charge in [-0.05, 0) is 44.4 Å². The zero-order valence-electron chi connectivity index (χ0n) is 16.5. The summed E-state index contributed by atoms with van der Waals surface area (Å²) in [6.45, 7) is 3.33. The van der Waals surface area contributed by atoms with Crippen LogP contribution < -0.4 is 10.9 Å². The average molecular weight is 384 g/mol. The first-order chi connectivity index (χ1) is 13.1.